The molecule has 8 aliphatic rings. The van der Waals surface area contributed by atoms with Crippen LogP contribution in [0.15, 0.2) is 105 Å². The fourth-order valence-corrected chi connectivity index (χ4v) is 10.3. The molecule has 192 valence electrons. The van der Waals surface area contributed by atoms with Crippen molar-refractivity contribution in [2.45, 2.75) is 82.5 Å². The molecular formula is C38H37B. The topological polar surface area (TPSA) is 0 Å². The Morgan fingerprint density at radius 1 is 0.821 bits per heavy atom. The normalized spacial score (nSPS) is 33.8. The van der Waals surface area contributed by atoms with Gasteiger partial charge in [-0.2, -0.15) is 0 Å². The number of hydrogen-bond donors (Lipinski definition) is 0. The smallest absolute Gasteiger partial charge is 0.0963 e. The van der Waals surface area contributed by atoms with E-state index in [-0.39, 0.29) is 5.41 Å². The van der Waals surface area contributed by atoms with Crippen molar-refractivity contribution in [3.8, 4) is 0 Å². The van der Waals surface area contributed by atoms with Crippen molar-refractivity contribution in [3.05, 3.63) is 116 Å². The molecule has 1 spiro atoms. The minimum absolute atomic E-state index is 0.0840. The first-order chi connectivity index (χ1) is 19.3. The van der Waals surface area contributed by atoms with Crippen molar-refractivity contribution in [2.75, 3.05) is 0 Å². The molecule has 0 saturated carbocycles. The summed E-state index contributed by atoms with van der Waals surface area (Å²) in [6.07, 6.45) is 32.7. The van der Waals surface area contributed by atoms with Crippen LogP contribution >= 0.6 is 0 Å². The first kappa shape index (κ1) is 23.0. The zero-order chi connectivity index (χ0) is 25.7. The molecule has 0 heterocycles. The third-order valence-electron chi connectivity index (χ3n) is 11.7. The lowest BCUT2D eigenvalue weighted by atomic mass is 9.59. The average molecular weight is 505 g/mol. The second-order valence-electron chi connectivity index (χ2n) is 13.3. The Balaban J connectivity index is 1.34. The van der Waals surface area contributed by atoms with Crippen LogP contribution in [-0.2, 0) is 5.41 Å². The van der Waals surface area contributed by atoms with Gasteiger partial charge in [-0.05, 0) is 133 Å². The molecule has 1 heteroatoms. The Morgan fingerprint density at radius 2 is 1.69 bits per heavy atom. The van der Waals surface area contributed by atoms with Gasteiger partial charge in [-0.25, -0.2) is 0 Å². The predicted octanol–water partition coefficient (Wildman–Crippen LogP) is 8.60. The highest BCUT2D eigenvalue weighted by molar-refractivity contribution is 6.32. The van der Waals surface area contributed by atoms with Crippen molar-refractivity contribution < 1.29 is 0 Å². The maximum absolute atomic E-state index is 6.59. The van der Waals surface area contributed by atoms with Crippen LogP contribution in [0.4, 0.5) is 0 Å². The van der Waals surface area contributed by atoms with E-state index in [1.165, 1.54) is 88.2 Å². The predicted molar refractivity (Wildman–Crippen MR) is 163 cm³/mol. The second-order valence-corrected chi connectivity index (χ2v) is 13.3. The quantitative estimate of drug-likeness (QED) is 0.310. The van der Waals surface area contributed by atoms with E-state index in [4.69, 9.17) is 7.85 Å². The van der Waals surface area contributed by atoms with Crippen LogP contribution in [0, 0.1) is 17.8 Å². The largest absolute Gasteiger partial charge is 0.113 e. The molecule has 8 aliphatic carbocycles. The van der Waals surface area contributed by atoms with Gasteiger partial charge < -0.3 is 0 Å². The first-order valence-corrected chi connectivity index (χ1v) is 15.8. The van der Waals surface area contributed by atoms with Gasteiger partial charge in [0.25, 0.3) is 0 Å². The van der Waals surface area contributed by atoms with Gasteiger partial charge in [0, 0.05) is 11.8 Å². The highest BCUT2D eigenvalue weighted by atomic mass is 14.6. The fraction of sp³-hybridized carbons (Fsp3) is 0.421. The number of fused-ring (bicyclic) bond motifs is 12. The minimum atomic E-state index is -0.0840. The van der Waals surface area contributed by atoms with Crippen molar-refractivity contribution in [1.82, 2.24) is 0 Å². The minimum Gasteiger partial charge on any atom is -0.0963 e. The lowest BCUT2D eigenvalue weighted by molar-refractivity contribution is 0.446. The van der Waals surface area contributed by atoms with Gasteiger partial charge in [-0.3, -0.25) is 0 Å². The summed E-state index contributed by atoms with van der Waals surface area (Å²) in [5, 5.41) is 0. The van der Waals surface area contributed by atoms with Crippen LogP contribution in [0.25, 0.3) is 5.57 Å². The zero-order valence-corrected chi connectivity index (χ0v) is 23.1. The molecule has 4 atom stereocenters. The molecule has 0 bridgehead atoms. The van der Waals surface area contributed by atoms with E-state index in [0.717, 1.165) is 5.46 Å². The van der Waals surface area contributed by atoms with E-state index in [1.807, 2.05) is 5.57 Å². The Labute approximate surface area is 235 Å². The average Bonchev–Trinajstić information content (AvgIpc) is 3.27. The number of rotatable bonds is 0. The van der Waals surface area contributed by atoms with Crippen LogP contribution in [0.3, 0.4) is 0 Å². The van der Waals surface area contributed by atoms with Crippen molar-refractivity contribution >= 4 is 18.9 Å². The molecule has 0 nitrogen and oxygen atoms in total. The van der Waals surface area contributed by atoms with Crippen LogP contribution in [0.5, 0.6) is 0 Å². The van der Waals surface area contributed by atoms with Gasteiger partial charge >= 0.3 is 0 Å². The van der Waals surface area contributed by atoms with Crippen LogP contribution < -0.4 is 5.46 Å². The Bertz CT molecular complexity index is 1580. The van der Waals surface area contributed by atoms with Crippen LogP contribution in [0.2, 0.25) is 0 Å². The van der Waals surface area contributed by atoms with E-state index in [9.17, 15) is 0 Å². The molecule has 1 aromatic rings. The van der Waals surface area contributed by atoms with Crippen molar-refractivity contribution in [1.29, 1.82) is 0 Å². The molecule has 4 unspecified atom stereocenters. The summed E-state index contributed by atoms with van der Waals surface area (Å²) < 4.78 is 0. The van der Waals surface area contributed by atoms with E-state index in [2.05, 4.69) is 60.7 Å². The van der Waals surface area contributed by atoms with Crippen molar-refractivity contribution in [3.63, 3.8) is 0 Å². The zero-order valence-electron chi connectivity index (χ0n) is 23.1. The molecule has 9 rings (SSSR count). The van der Waals surface area contributed by atoms with Gasteiger partial charge in [-0.1, -0.05) is 77.3 Å². The SMILES string of the molecule is [B]c1ccc2c(c1)C1(C3=CC4=C(CC3C3=C1C=CCC3)C1=C(CCCC1)C1CC=CC=CC41)C1=C2CCCC1. The summed E-state index contributed by atoms with van der Waals surface area (Å²) in [5.74, 6) is 1.72. The Morgan fingerprint density at radius 3 is 2.64 bits per heavy atom. The number of allylic oxidation sites excluding steroid dienone is 16. The molecule has 39 heavy (non-hydrogen) atoms. The molecule has 1 aromatic carbocycles. The van der Waals surface area contributed by atoms with Gasteiger partial charge in [0.05, 0.1) is 5.41 Å². The monoisotopic (exact) mass is 504 g/mol. The summed E-state index contributed by atoms with van der Waals surface area (Å²) in [4.78, 5) is 0. The van der Waals surface area contributed by atoms with Gasteiger partial charge in [0.1, 0.15) is 7.85 Å². The Kier molecular flexibility index (Phi) is 4.92. The van der Waals surface area contributed by atoms with E-state index >= 15 is 0 Å². The molecule has 2 radical (unpaired) electrons. The van der Waals surface area contributed by atoms with Crippen LogP contribution in [-0.4, -0.2) is 7.85 Å². The molecule has 0 N–H and O–H groups in total. The highest BCUT2D eigenvalue weighted by Gasteiger charge is 2.58. The summed E-state index contributed by atoms with van der Waals surface area (Å²) in [6, 6.07) is 6.88. The molecule has 0 aliphatic heterocycles. The first-order valence-electron chi connectivity index (χ1n) is 15.8. The Hall–Kier alpha value is -2.80. The summed E-state index contributed by atoms with van der Waals surface area (Å²) in [6.45, 7) is 0. The standard InChI is InChI=1S/C38H37B/c39-23-18-19-30-28-14-6-8-16-34(28)38(36(30)20-23)35-17-9-7-15-29(35)33-21-31-26-13-5-4-12-25(26)24-10-2-1-3-11-27(24)32(31)22-37(33)38/h1-3,9,11,17-20,22,24,27,33H,4-8,10,12-16,21H2. The molecule has 0 fully saturated rings. The number of hydrogen-bond acceptors (Lipinski definition) is 0. The van der Waals surface area contributed by atoms with E-state index in [1.54, 1.807) is 44.6 Å². The molecule has 0 saturated heterocycles. The molecule has 0 amide bonds. The maximum atomic E-state index is 6.59. The van der Waals surface area contributed by atoms with Crippen molar-refractivity contribution in [2.24, 2.45) is 17.8 Å². The van der Waals surface area contributed by atoms with E-state index < -0.39 is 0 Å². The summed E-state index contributed by atoms with van der Waals surface area (Å²) in [7, 11) is 6.59. The van der Waals surface area contributed by atoms with Gasteiger partial charge in [0.15, 0.2) is 0 Å². The fourth-order valence-electron chi connectivity index (χ4n) is 10.3. The highest BCUT2D eigenvalue weighted by Crippen LogP contribution is 2.68. The van der Waals surface area contributed by atoms with Gasteiger partial charge in [0.2, 0.25) is 0 Å². The lowest BCUT2D eigenvalue weighted by Crippen LogP contribution is -2.34. The maximum Gasteiger partial charge on any atom is 0.113 e. The third-order valence-corrected chi connectivity index (χ3v) is 11.7. The van der Waals surface area contributed by atoms with Crippen LogP contribution in [0.1, 0.15) is 88.2 Å². The second kappa shape index (κ2) is 8.36. The molecular weight excluding hydrogens is 467 g/mol. The summed E-state index contributed by atoms with van der Waals surface area (Å²) in [5.41, 5.74) is 19.3. The molecule has 0 aromatic heterocycles. The third kappa shape index (κ3) is 2.92. The lowest BCUT2D eigenvalue weighted by Gasteiger charge is -2.44. The number of benzene rings is 1. The van der Waals surface area contributed by atoms with E-state index in [0.29, 0.717) is 17.8 Å². The summed E-state index contributed by atoms with van der Waals surface area (Å²) >= 11 is 0. The van der Waals surface area contributed by atoms with Gasteiger partial charge in [-0.15, -0.1) is 0 Å².